The second-order valence-electron chi connectivity index (χ2n) is 3.55. The van der Waals surface area contributed by atoms with Gasteiger partial charge in [-0.3, -0.25) is 4.79 Å². The van der Waals surface area contributed by atoms with Crippen LogP contribution in [0.1, 0.15) is 24.5 Å². The lowest BCUT2D eigenvalue weighted by molar-refractivity contribution is -0.120. The van der Waals surface area contributed by atoms with Crippen LogP contribution in [0, 0.1) is 13.8 Å². The molecule has 0 aromatic heterocycles. The Kier molecular flexibility index (Phi) is 4.15. The smallest absolute Gasteiger partial charge is 0.169 e. The van der Waals surface area contributed by atoms with Gasteiger partial charge in [0.05, 0.1) is 0 Å². The monoisotopic (exact) mass is 226 g/mol. The number of Topliss-reactive ketones (excluding diaryl/α,β-unsaturated/α-hetero) is 1. The third-order valence-corrected chi connectivity index (χ3v) is 2.42. The maximum absolute atomic E-state index is 11.1. The van der Waals surface area contributed by atoms with Crippen LogP contribution in [0.15, 0.2) is 12.1 Å². The quantitative estimate of drug-likeness (QED) is 0.788. The van der Waals surface area contributed by atoms with Crippen LogP contribution in [-0.4, -0.2) is 12.4 Å². The molecule has 0 amide bonds. The number of carbonyl (C=O) groups excluding carboxylic acids is 1. The summed E-state index contributed by atoms with van der Waals surface area (Å²) < 4.78 is 5.47. The molecule has 3 heteroatoms. The Morgan fingerprint density at radius 3 is 2.33 bits per heavy atom. The predicted molar refractivity (Wildman–Crippen MR) is 61.7 cm³/mol. The summed E-state index contributed by atoms with van der Waals surface area (Å²) in [6.07, 6.45) is 0.506. The Morgan fingerprint density at radius 2 is 1.87 bits per heavy atom. The first-order valence-electron chi connectivity index (χ1n) is 4.95. The summed E-state index contributed by atoms with van der Waals surface area (Å²) in [5.74, 6) is 0.866. The summed E-state index contributed by atoms with van der Waals surface area (Å²) in [7, 11) is 0. The van der Waals surface area contributed by atoms with Crippen LogP contribution in [0.25, 0.3) is 0 Å². The number of rotatable bonds is 4. The van der Waals surface area contributed by atoms with Gasteiger partial charge >= 0.3 is 0 Å². The van der Waals surface area contributed by atoms with Crippen LogP contribution < -0.4 is 4.74 Å². The zero-order valence-electron chi connectivity index (χ0n) is 9.26. The third kappa shape index (κ3) is 3.24. The average molecular weight is 227 g/mol. The van der Waals surface area contributed by atoms with E-state index in [1.807, 2.05) is 32.9 Å². The Hall–Kier alpha value is -1.02. The van der Waals surface area contributed by atoms with Crippen molar-refractivity contribution in [3.05, 3.63) is 28.3 Å². The molecule has 0 aliphatic heterocycles. The van der Waals surface area contributed by atoms with E-state index in [0.717, 1.165) is 16.9 Å². The third-order valence-electron chi connectivity index (χ3n) is 2.20. The number of ether oxygens (including phenoxy) is 1. The lowest BCUT2D eigenvalue weighted by Crippen LogP contribution is -2.10. The van der Waals surface area contributed by atoms with Crippen molar-refractivity contribution in [3.63, 3.8) is 0 Å². The number of ketones is 1. The van der Waals surface area contributed by atoms with Gasteiger partial charge in [-0.1, -0.05) is 18.5 Å². The summed E-state index contributed by atoms with van der Waals surface area (Å²) in [5.41, 5.74) is 1.92. The maximum Gasteiger partial charge on any atom is 0.169 e. The van der Waals surface area contributed by atoms with Gasteiger partial charge in [0.2, 0.25) is 0 Å². The van der Waals surface area contributed by atoms with Gasteiger partial charge in [-0.15, -0.1) is 0 Å². The number of carbonyl (C=O) groups is 1. The fraction of sp³-hybridized carbons (Fsp3) is 0.417. The molecule has 0 saturated heterocycles. The highest BCUT2D eigenvalue weighted by atomic mass is 35.5. The molecule has 0 N–H and O–H groups in total. The second-order valence-corrected chi connectivity index (χ2v) is 3.99. The van der Waals surface area contributed by atoms with E-state index >= 15 is 0 Å². The molecular weight excluding hydrogens is 212 g/mol. The number of hydrogen-bond donors (Lipinski definition) is 0. The summed E-state index contributed by atoms with van der Waals surface area (Å²) in [5, 5.41) is 0.694. The average Bonchev–Trinajstić information content (AvgIpc) is 2.15. The van der Waals surface area contributed by atoms with Gasteiger partial charge in [-0.05, 0) is 37.1 Å². The highest BCUT2D eigenvalue weighted by Crippen LogP contribution is 2.26. The van der Waals surface area contributed by atoms with Crippen molar-refractivity contribution < 1.29 is 9.53 Å². The zero-order chi connectivity index (χ0) is 11.4. The van der Waals surface area contributed by atoms with Crippen molar-refractivity contribution in [1.82, 2.24) is 0 Å². The Bertz CT molecular complexity index is 349. The number of benzene rings is 1. The first kappa shape index (κ1) is 12.1. The molecule has 0 radical (unpaired) electrons. The normalized spacial score (nSPS) is 10.1. The molecule has 1 rings (SSSR count). The summed E-state index contributed by atoms with van der Waals surface area (Å²) in [4.78, 5) is 11.1. The van der Waals surface area contributed by atoms with Gasteiger partial charge in [-0.2, -0.15) is 0 Å². The molecule has 0 bridgehead atoms. The fourth-order valence-corrected chi connectivity index (χ4v) is 1.71. The summed E-state index contributed by atoms with van der Waals surface area (Å²) in [6.45, 7) is 5.81. The molecule has 1 aromatic rings. The minimum absolute atomic E-state index is 0.101. The van der Waals surface area contributed by atoms with Crippen molar-refractivity contribution in [2.45, 2.75) is 27.2 Å². The number of aryl methyl sites for hydroxylation is 2. The van der Waals surface area contributed by atoms with Gasteiger partial charge in [0.25, 0.3) is 0 Å². The molecule has 0 aliphatic rings. The van der Waals surface area contributed by atoms with Gasteiger partial charge in [0, 0.05) is 11.4 Å². The standard InChI is InChI=1S/C12H15ClO2/c1-4-11(14)7-15-12-8(2)5-10(13)6-9(12)3/h5-6H,4,7H2,1-3H3. The van der Waals surface area contributed by atoms with E-state index < -0.39 is 0 Å². The molecule has 0 heterocycles. The molecule has 0 fully saturated rings. The minimum atomic E-state index is 0.101. The molecule has 0 saturated carbocycles. The SMILES string of the molecule is CCC(=O)COc1c(C)cc(Cl)cc1C. The lowest BCUT2D eigenvalue weighted by atomic mass is 10.1. The van der Waals surface area contributed by atoms with Crippen molar-refractivity contribution in [3.8, 4) is 5.75 Å². The molecule has 0 aliphatic carbocycles. The molecular formula is C12H15ClO2. The molecule has 82 valence electrons. The van der Waals surface area contributed by atoms with Crippen molar-refractivity contribution in [2.24, 2.45) is 0 Å². The van der Waals surface area contributed by atoms with Crippen LogP contribution in [0.4, 0.5) is 0 Å². The van der Waals surface area contributed by atoms with E-state index in [1.54, 1.807) is 0 Å². The molecule has 0 atom stereocenters. The summed E-state index contributed by atoms with van der Waals surface area (Å²) >= 11 is 5.89. The van der Waals surface area contributed by atoms with Crippen LogP contribution in [0.3, 0.4) is 0 Å². The van der Waals surface area contributed by atoms with E-state index in [9.17, 15) is 4.79 Å². The van der Waals surface area contributed by atoms with E-state index in [4.69, 9.17) is 16.3 Å². The summed E-state index contributed by atoms with van der Waals surface area (Å²) in [6, 6.07) is 3.67. The van der Waals surface area contributed by atoms with Crippen LogP contribution in [0.2, 0.25) is 5.02 Å². The Balaban J connectivity index is 2.81. The van der Waals surface area contributed by atoms with Crippen LogP contribution >= 0.6 is 11.6 Å². The van der Waals surface area contributed by atoms with Gasteiger partial charge in [0.15, 0.2) is 5.78 Å². The molecule has 0 spiro atoms. The van der Waals surface area contributed by atoms with Gasteiger partial charge < -0.3 is 4.74 Å². The van der Waals surface area contributed by atoms with E-state index in [2.05, 4.69) is 0 Å². The highest BCUT2D eigenvalue weighted by Gasteiger charge is 2.07. The van der Waals surface area contributed by atoms with Crippen LogP contribution in [0.5, 0.6) is 5.75 Å². The number of hydrogen-bond acceptors (Lipinski definition) is 2. The van der Waals surface area contributed by atoms with Gasteiger partial charge in [0.1, 0.15) is 12.4 Å². The van der Waals surface area contributed by atoms with E-state index in [-0.39, 0.29) is 12.4 Å². The zero-order valence-corrected chi connectivity index (χ0v) is 10.0. The fourth-order valence-electron chi connectivity index (χ4n) is 1.38. The van der Waals surface area contributed by atoms with Gasteiger partial charge in [-0.25, -0.2) is 0 Å². The molecule has 0 unspecified atom stereocenters. The second kappa shape index (κ2) is 5.17. The molecule has 2 nitrogen and oxygen atoms in total. The Morgan fingerprint density at radius 1 is 1.33 bits per heavy atom. The van der Waals surface area contributed by atoms with Crippen LogP contribution in [-0.2, 0) is 4.79 Å². The largest absolute Gasteiger partial charge is 0.485 e. The highest BCUT2D eigenvalue weighted by molar-refractivity contribution is 6.30. The first-order valence-corrected chi connectivity index (χ1v) is 5.33. The molecule has 15 heavy (non-hydrogen) atoms. The maximum atomic E-state index is 11.1. The minimum Gasteiger partial charge on any atom is -0.485 e. The molecule has 1 aromatic carbocycles. The van der Waals surface area contributed by atoms with E-state index in [0.29, 0.717) is 11.4 Å². The number of halogens is 1. The predicted octanol–water partition coefficient (Wildman–Crippen LogP) is 3.31. The lowest BCUT2D eigenvalue weighted by Gasteiger charge is -2.11. The van der Waals surface area contributed by atoms with Crippen molar-refractivity contribution in [1.29, 1.82) is 0 Å². The van der Waals surface area contributed by atoms with E-state index in [1.165, 1.54) is 0 Å². The van der Waals surface area contributed by atoms with Crippen molar-refractivity contribution in [2.75, 3.05) is 6.61 Å². The Labute approximate surface area is 95.2 Å². The first-order chi connectivity index (χ1) is 7.04. The van der Waals surface area contributed by atoms with Crippen molar-refractivity contribution >= 4 is 17.4 Å². The topological polar surface area (TPSA) is 26.3 Å².